The first-order valence-corrected chi connectivity index (χ1v) is 11.8. The summed E-state index contributed by atoms with van der Waals surface area (Å²) in [6.07, 6.45) is 1.57. The molecule has 1 N–H and O–H groups in total. The van der Waals surface area contributed by atoms with Crippen molar-refractivity contribution in [2.45, 2.75) is 24.4 Å². The molecule has 9 nitrogen and oxygen atoms in total. The zero-order chi connectivity index (χ0) is 24.6. The van der Waals surface area contributed by atoms with Crippen LogP contribution in [0, 0.1) is 11.8 Å². The number of rotatable bonds is 4. The average molecular weight is 498 g/mol. The standard InChI is InChI=1S/C25H24ClN3O6/c1-33-17-10-13(11-18(34-2)21(17)35-3)29-22(30)19-16-5-4-8-28(16)25(20(19)23(29)31)14-9-12(26)6-7-15(14)27-24(25)32/h6-7,9-11,16,19-20H,4-5,8H2,1-3H3,(H,27,32). The lowest BCUT2D eigenvalue weighted by molar-refractivity contribution is -0.135. The third-order valence-corrected chi connectivity index (χ3v) is 8.10. The van der Waals surface area contributed by atoms with Crippen molar-refractivity contribution < 1.29 is 28.6 Å². The quantitative estimate of drug-likeness (QED) is 0.649. The van der Waals surface area contributed by atoms with Crippen LogP contribution in [0.2, 0.25) is 5.02 Å². The maximum absolute atomic E-state index is 14.1. The number of ether oxygens (including phenoxy) is 3. The Morgan fingerprint density at radius 3 is 2.37 bits per heavy atom. The summed E-state index contributed by atoms with van der Waals surface area (Å²) in [5, 5.41) is 3.42. The summed E-state index contributed by atoms with van der Waals surface area (Å²) in [6.45, 7) is 0.627. The Kier molecular flexibility index (Phi) is 4.82. The number of carbonyl (C=O) groups is 3. The van der Waals surface area contributed by atoms with Gasteiger partial charge in [0, 0.05) is 34.4 Å². The maximum atomic E-state index is 14.1. The lowest BCUT2D eigenvalue weighted by Gasteiger charge is -2.36. The van der Waals surface area contributed by atoms with E-state index in [-0.39, 0.29) is 17.9 Å². The van der Waals surface area contributed by atoms with Gasteiger partial charge in [-0.05, 0) is 37.6 Å². The van der Waals surface area contributed by atoms with Gasteiger partial charge < -0.3 is 19.5 Å². The van der Waals surface area contributed by atoms with Gasteiger partial charge in [-0.2, -0.15) is 0 Å². The minimum atomic E-state index is -1.28. The number of benzene rings is 2. The van der Waals surface area contributed by atoms with E-state index in [1.807, 2.05) is 0 Å². The minimum absolute atomic E-state index is 0.223. The summed E-state index contributed by atoms with van der Waals surface area (Å²) in [5.74, 6) is -1.56. The van der Waals surface area contributed by atoms with E-state index < -0.39 is 23.3 Å². The van der Waals surface area contributed by atoms with Crippen LogP contribution in [-0.4, -0.2) is 56.5 Å². The first kappa shape index (κ1) is 22.2. The molecule has 3 amide bonds. The number of hydrogen-bond acceptors (Lipinski definition) is 7. The predicted molar refractivity (Wildman–Crippen MR) is 127 cm³/mol. The fourth-order valence-electron chi connectivity index (χ4n) is 6.63. The Morgan fingerprint density at radius 2 is 1.71 bits per heavy atom. The highest BCUT2D eigenvalue weighted by atomic mass is 35.5. The molecule has 0 aromatic heterocycles. The van der Waals surface area contributed by atoms with Crippen LogP contribution < -0.4 is 24.4 Å². The molecule has 0 bridgehead atoms. The van der Waals surface area contributed by atoms with Crippen molar-refractivity contribution in [3.8, 4) is 17.2 Å². The van der Waals surface area contributed by atoms with Crippen molar-refractivity contribution in [2.75, 3.05) is 38.1 Å². The van der Waals surface area contributed by atoms with Gasteiger partial charge in [-0.3, -0.25) is 19.3 Å². The summed E-state index contributed by atoms with van der Waals surface area (Å²) >= 11 is 6.34. The van der Waals surface area contributed by atoms with Gasteiger partial charge >= 0.3 is 0 Å². The average Bonchev–Trinajstić information content (AvgIpc) is 3.56. The maximum Gasteiger partial charge on any atom is 0.250 e. The monoisotopic (exact) mass is 497 g/mol. The number of hydrogen-bond donors (Lipinski definition) is 1. The highest BCUT2D eigenvalue weighted by molar-refractivity contribution is 6.31. The number of halogens is 1. The van der Waals surface area contributed by atoms with E-state index in [1.165, 1.54) is 26.2 Å². The minimum Gasteiger partial charge on any atom is -0.493 e. The predicted octanol–water partition coefficient (Wildman–Crippen LogP) is 2.80. The molecule has 4 atom stereocenters. The number of carbonyl (C=O) groups excluding carboxylic acids is 3. The number of amides is 3. The van der Waals surface area contributed by atoms with Crippen molar-refractivity contribution in [1.82, 2.24) is 4.90 Å². The smallest absolute Gasteiger partial charge is 0.250 e. The number of nitrogens with zero attached hydrogens (tertiary/aromatic N) is 2. The molecular weight excluding hydrogens is 474 g/mol. The van der Waals surface area contributed by atoms with Crippen LogP contribution in [0.3, 0.4) is 0 Å². The zero-order valence-corrected chi connectivity index (χ0v) is 20.2. The molecule has 3 fully saturated rings. The third-order valence-electron chi connectivity index (χ3n) is 7.86. The van der Waals surface area contributed by atoms with Gasteiger partial charge in [-0.25, -0.2) is 4.90 Å². The molecule has 4 heterocycles. The molecule has 3 saturated heterocycles. The van der Waals surface area contributed by atoms with E-state index in [1.54, 1.807) is 30.3 Å². The Hall–Kier alpha value is -3.30. The van der Waals surface area contributed by atoms with Crippen LogP contribution in [0.15, 0.2) is 30.3 Å². The van der Waals surface area contributed by atoms with Crippen molar-refractivity contribution in [1.29, 1.82) is 0 Å². The second-order valence-corrected chi connectivity index (χ2v) is 9.65. The lowest BCUT2D eigenvalue weighted by atomic mass is 9.75. The number of fused-ring (bicyclic) bond motifs is 7. The van der Waals surface area contributed by atoms with Crippen molar-refractivity contribution in [3.63, 3.8) is 0 Å². The van der Waals surface area contributed by atoms with E-state index in [0.717, 1.165) is 12.8 Å². The lowest BCUT2D eigenvalue weighted by Crippen LogP contribution is -2.54. The molecule has 0 aliphatic carbocycles. The molecule has 2 aromatic rings. The fraction of sp³-hybridized carbons (Fsp3) is 0.400. The van der Waals surface area contributed by atoms with Crippen LogP contribution in [-0.2, 0) is 19.9 Å². The molecule has 35 heavy (non-hydrogen) atoms. The van der Waals surface area contributed by atoms with Crippen LogP contribution in [0.5, 0.6) is 17.2 Å². The third kappa shape index (κ3) is 2.65. The van der Waals surface area contributed by atoms with Crippen LogP contribution in [0.4, 0.5) is 11.4 Å². The van der Waals surface area contributed by atoms with Gasteiger partial charge in [0.2, 0.25) is 23.5 Å². The second kappa shape index (κ2) is 7.60. The Morgan fingerprint density at radius 1 is 1.00 bits per heavy atom. The molecule has 4 aliphatic heterocycles. The van der Waals surface area contributed by atoms with Crippen molar-refractivity contribution >= 4 is 40.7 Å². The van der Waals surface area contributed by atoms with Gasteiger partial charge in [0.15, 0.2) is 11.5 Å². The number of nitrogens with one attached hydrogen (secondary N) is 1. The molecule has 4 unspecified atom stereocenters. The Labute approximate surface area is 206 Å². The molecule has 182 valence electrons. The molecule has 0 radical (unpaired) electrons. The van der Waals surface area contributed by atoms with E-state index in [9.17, 15) is 14.4 Å². The number of anilines is 2. The summed E-state index contributed by atoms with van der Waals surface area (Å²) in [5.41, 5.74) is 0.307. The van der Waals surface area contributed by atoms with Gasteiger partial charge in [0.1, 0.15) is 5.54 Å². The molecule has 6 rings (SSSR count). The first-order valence-electron chi connectivity index (χ1n) is 11.4. The van der Waals surface area contributed by atoms with Gasteiger partial charge in [-0.1, -0.05) is 11.6 Å². The molecular formula is C25H24ClN3O6. The van der Waals surface area contributed by atoms with E-state index in [2.05, 4.69) is 10.2 Å². The van der Waals surface area contributed by atoms with Gasteiger partial charge in [0.05, 0.1) is 38.9 Å². The molecule has 10 heteroatoms. The normalized spacial score (nSPS) is 28.9. The van der Waals surface area contributed by atoms with Crippen molar-refractivity contribution in [3.05, 3.63) is 40.9 Å². The highest BCUT2D eigenvalue weighted by Crippen LogP contribution is 2.61. The van der Waals surface area contributed by atoms with Crippen LogP contribution in [0.25, 0.3) is 0 Å². The van der Waals surface area contributed by atoms with Crippen LogP contribution >= 0.6 is 11.6 Å². The van der Waals surface area contributed by atoms with E-state index in [0.29, 0.717) is 45.8 Å². The first-order chi connectivity index (χ1) is 16.9. The summed E-state index contributed by atoms with van der Waals surface area (Å²) in [6, 6.07) is 8.14. The number of imide groups is 1. The highest BCUT2D eigenvalue weighted by Gasteiger charge is 2.74. The van der Waals surface area contributed by atoms with Gasteiger partial charge in [0.25, 0.3) is 0 Å². The molecule has 1 spiro atoms. The Bertz CT molecular complexity index is 1270. The van der Waals surface area contributed by atoms with E-state index in [4.69, 9.17) is 25.8 Å². The number of methoxy groups -OCH3 is 3. The SMILES string of the molecule is COc1cc(N2C(=O)C3C4CCCN4C4(C(=O)Nc5ccc(Cl)cc54)C3C2=O)cc(OC)c1OC. The molecule has 2 aromatic carbocycles. The topological polar surface area (TPSA) is 97.4 Å². The van der Waals surface area contributed by atoms with Gasteiger partial charge in [-0.15, -0.1) is 0 Å². The summed E-state index contributed by atoms with van der Waals surface area (Å²) in [7, 11) is 4.42. The second-order valence-electron chi connectivity index (χ2n) is 9.21. The van der Waals surface area contributed by atoms with E-state index >= 15 is 0 Å². The summed E-state index contributed by atoms with van der Waals surface area (Å²) in [4.78, 5) is 45.0. The van der Waals surface area contributed by atoms with Crippen molar-refractivity contribution in [2.24, 2.45) is 11.8 Å². The zero-order valence-electron chi connectivity index (χ0n) is 19.5. The largest absolute Gasteiger partial charge is 0.493 e. The van der Waals surface area contributed by atoms with Crippen LogP contribution in [0.1, 0.15) is 18.4 Å². The Balaban J connectivity index is 1.53. The molecule has 0 saturated carbocycles. The summed E-state index contributed by atoms with van der Waals surface area (Å²) < 4.78 is 16.3. The molecule has 4 aliphatic rings. The fourth-order valence-corrected chi connectivity index (χ4v) is 6.80.